The third kappa shape index (κ3) is 4.59. The molecular weight excluding hydrogens is 312 g/mol. The van der Waals surface area contributed by atoms with E-state index in [0.717, 1.165) is 11.3 Å². The molecule has 1 aromatic heterocycles. The van der Waals surface area contributed by atoms with E-state index in [2.05, 4.69) is 22.9 Å². The first kappa shape index (κ1) is 17.0. The second-order valence-corrected chi connectivity index (χ2v) is 9.03. The Kier molecular flexibility index (Phi) is 5.65. The minimum atomic E-state index is -1.16. The quantitative estimate of drug-likeness (QED) is 0.843. The van der Waals surface area contributed by atoms with Crippen molar-refractivity contribution in [3.8, 4) is 6.07 Å². The Morgan fingerprint density at radius 3 is 2.55 bits per heavy atom. The summed E-state index contributed by atoms with van der Waals surface area (Å²) < 4.78 is 15.4. The number of benzene rings is 1. The fourth-order valence-electron chi connectivity index (χ4n) is 1.95. The molecule has 0 aliphatic rings. The number of thiophene rings is 1. The minimum absolute atomic E-state index is 0.0606. The number of nitriles is 1. The van der Waals surface area contributed by atoms with Crippen molar-refractivity contribution in [3.63, 3.8) is 0 Å². The zero-order valence-corrected chi connectivity index (χ0v) is 14.6. The lowest BCUT2D eigenvalue weighted by molar-refractivity contribution is 0.524. The van der Waals surface area contributed by atoms with Gasteiger partial charge in [-0.15, -0.1) is 16.1 Å². The second-order valence-electron chi connectivity index (χ2n) is 6.09. The summed E-state index contributed by atoms with van der Waals surface area (Å²) >= 11 is 0.374. The lowest BCUT2D eigenvalue weighted by Crippen LogP contribution is -2.41. The molecule has 2 rings (SSSR count). The van der Waals surface area contributed by atoms with Gasteiger partial charge in [0, 0.05) is 21.6 Å². The molecule has 0 spiro atoms. The molecule has 3 nitrogen and oxygen atoms in total. The van der Waals surface area contributed by atoms with E-state index in [1.807, 2.05) is 50.4 Å². The predicted octanol–water partition coefficient (Wildman–Crippen LogP) is 3.96. The number of hydrogen-bond donors (Lipinski definition) is 1. The summed E-state index contributed by atoms with van der Waals surface area (Å²) in [6, 6.07) is 14.1. The molecule has 0 aliphatic heterocycles. The van der Waals surface area contributed by atoms with Crippen LogP contribution in [0.4, 0.5) is 0 Å². The van der Waals surface area contributed by atoms with Crippen molar-refractivity contribution in [2.24, 2.45) is 0 Å². The van der Waals surface area contributed by atoms with E-state index >= 15 is 0 Å². The molecule has 0 fully saturated rings. The van der Waals surface area contributed by atoms with Crippen molar-refractivity contribution in [3.05, 3.63) is 57.8 Å². The molecule has 0 saturated heterocycles. The molecule has 0 amide bonds. The van der Waals surface area contributed by atoms with Crippen LogP contribution in [0, 0.1) is 11.3 Å². The molecule has 0 saturated carbocycles. The van der Waals surface area contributed by atoms with Gasteiger partial charge in [-0.3, -0.25) is 0 Å². The molecule has 1 N–H and O–H groups in total. The average Bonchev–Trinajstić information content (AvgIpc) is 2.95. The van der Waals surface area contributed by atoms with Crippen molar-refractivity contribution in [2.45, 2.75) is 38.0 Å². The van der Waals surface area contributed by atoms with Crippen LogP contribution >= 0.6 is 11.3 Å². The van der Waals surface area contributed by atoms with Crippen molar-refractivity contribution in [2.75, 3.05) is 0 Å². The molecule has 5 heteroatoms. The topological polar surface area (TPSA) is 58.9 Å². The Hall–Kier alpha value is -1.32. The molecule has 1 aromatic carbocycles. The third-order valence-corrected chi connectivity index (χ3v) is 5.84. The van der Waals surface area contributed by atoms with Crippen molar-refractivity contribution in [1.82, 2.24) is 4.72 Å². The van der Waals surface area contributed by atoms with E-state index in [1.165, 1.54) is 16.9 Å². The van der Waals surface area contributed by atoms with Crippen molar-refractivity contribution in [1.29, 1.82) is 5.26 Å². The third-order valence-electron chi connectivity index (χ3n) is 3.18. The van der Waals surface area contributed by atoms with Gasteiger partial charge in [-0.2, -0.15) is 5.26 Å². The lowest BCUT2D eigenvalue weighted by Gasteiger charge is -2.27. The Morgan fingerprint density at radius 2 is 2.00 bits per heavy atom. The number of nitrogens with one attached hydrogen (secondary N) is 1. The van der Waals surface area contributed by atoms with Crippen LogP contribution in [0.3, 0.4) is 0 Å². The number of rotatable bonds is 5. The van der Waals surface area contributed by atoms with E-state index in [9.17, 15) is 4.55 Å². The zero-order valence-electron chi connectivity index (χ0n) is 13.0. The van der Waals surface area contributed by atoms with Crippen LogP contribution in [0.2, 0.25) is 0 Å². The minimum Gasteiger partial charge on any atom is -0.598 e. The summed E-state index contributed by atoms with van der Waals surface area (Å²) in [6.07, 6.45) is 0.744. The SMILES string of the molecule is CC(C)(C)[S+]([O-])NC(Cc1ccccc1)c1cc(C#N)cs1. The fourth-order valence-corrected chi connectivity index (χ4v) is 3.73. The van der Waals surface area contributed by atoms with Gasteiger partial charge in [0.1, 0.15) is 10.8 Å². The van der Waals surface area contributed by atoms with Gasteiger partial charge < -0.3 is 4.55 Å². The first-order chi connectivity index (χ1) is 10.4. The van der Waals surface area contributed by atoms with E-state index in [-0.39, 0.29) is 10.8 Å². The predicted molar refractivity (Wildman–Crippen MR) is 93.0 cm³/mol. The molecule has 2 atom stereocenters. The first-order valence-corrected chi connectivity index (χ1v) is 9.13. The fraction of sp³-hybridized carbons (Fsp3) is 0.353. The Morgan fingerprint density at radius 1 is 1.32 bits per heavy atom. The maximum atomic E-state index is 12.5. The van der Waals surface area contributed by atoms with E-state index in [0.29, 0.717) is 5.56 Å². The standard InChI is InChI=1S/C17H20N2OS2/c1-17(2,3)22(20)19-15(9-13-7-5-4-6-8-13)16-10-14(11-18)12-21-16/h4-8,10,12,15,19H,9H2,1-3H3. The van der Waals surface area contributed by atoms with Gasteiger partial charge in [0.2, 0.25) is 0 Å². The highest BCUT2D eigenvalue weighted by molar-refractivity contribution is 7.90. The van der Waals surface area contributed by atoms with Gasteiger partial charge in [0.05, 0.1) is 11.6 Å². The van der Waals surface area contributed by atoms with E-state index in [4.69, 9.17) is 5.26 Å². The molecule has 0 aliphatic carbocycles. The largest absolute Gasteiger partial charge is 0.598 e. The van der Waals surface area contributed by atoms with E-state index < -0.39 is 11.4 Å². The van der Waals surface area contributed by atoms with Crippen LogP contribution in [0.1, 0.15) is 42.8 Å². The van der Waals surface area contributed by atoms with Gasteiger partial charge in [0.25, 0.3) is 0 Å². The van der Waals surface area contributed by atoms with Gasteiger partial charge in [-0.05, 0) is 38.8 Å². The second kappa shape index (κ2) is 7.30. The smallest absolute Gasteiger partial charge is 0.136 e. The van der Waals surface area contributed by atoms with Crippen molar-refractivity contribution >= 4 is 22.7 Å². The lowest BCUT2D eigenvalue weighted by atomic mass is 10.1. The Balaban J connectivity index is 2.22. The summed E-state index contributed by atoms with van der Waals surface area (Å²) in [5, 5.41) is 10.9. The van der Waals surface area contributed by atoms with Gasteiger partial charge in [0.15, 0.2) is 0 Å². The van der Waals surface area contributed by atoms with Crippen LogP contribution in [-0.4, -0.2) is 9.30 Å². The first-order valence-electron chi connectivity index (χ1n) is 7.10. The highest BCUT2D eigenvalue weighted by Crippen LogP contribution is 2.28. The van der Waals surface area contributed by atoms with Gasteiger partial charge in [-0.25, -0.2) is 0 Å². The summed E-state index contributed by atoms with van der Waals surface area (Å²) in [5.74, 6) is 0. The number of hydrogen-bond acceptors (Lipinski definition) is 4. The van der Waals surface area contributed by atoms with Crippen molar-refractivity contribution < 1.29 is 4.55 Å². The summed E-state index contributed by atoms with van der Waals surface area (Å²) in [6.45, 7) is 5.85. The van der Waals surface area contributed by atoms with Gasteiger partial charge in [-0.1, -0.05) is 30.3 Å². The molecule has 1 heterocycles. The Labute approximate surface area is 139 Å². The van der Waals surface area contributed by atoms with Crippen LogP contribution in [-0.2, 0) is 17.8 Å². The molecule has 2 aromatic rings. The average molecular weight is 332 g/mol. The summed E-state index contributed by atoms with van der Waals surface area (Å²) in [4.78, 5) is 1.04. The van der Waals surface area contributed by atoms with Gasteiger partial charge >= 0.3 is 0 Å². The molecule has 2 unspecified atom stereocenters. The summed E-state index contributed by atoms with van der Waals surface area (Å²) in [7, 11) is 0. The van der Waals surface area contributed by atoms with E-state index in [1.54, 1.807) is 0 Å². The zero-order chi connectivity index (χ0) is 16.2. The normalized spacial score (nSPS) is 14.3. The van der Waals surface area contributed by atoms with Crippen LogP contribution in [0.5, 0.6) is 0 Å². The van der Waals surface area contributed by atoms with Crippen LogP contribution < -0.4 is 4.72 Å². The molecule has 0 radical (unpaired) electrons. The number of nitrogens with zero attached hydrogens (tertiary/aromatic N) is 1. The summed E-state index contributed by atoms with van der Waals surface area (Å²) in [5.41, 5.74) is 1.83. The molecular formula is C17H20N2OS2. The maximum absolute atomic E-state index is 12.5. The maximum Gasteiger partial charge on any atom is 0.136 e. The molecule has 116 valence electrons. The highest BCUT2D eigenvalue weighted by atomic mass is 32.2. The van der Waals surface area contributed by atoms with Crippen LogP contribution in [0.15, 0.2) is 41.8 Å². The highest BCUT2D eigenvalue weighted by Gasteiger charge is 2.30. The molecule has 0 bridgehead atoms. The monoisotopic (exact) mass is 332 g/mol. The van der Waals surface area contributed by atoms with Crippen LogP contribution in [0.25, 0.3) is 0 Å². The Bertz CT molecular complexity index is 641. The molecule has 22 heavy (non-hydrogen) atoms.